The highest BCUT2D eigenvalue weighted by Crippen LogP contribution is 2.28. The molecule has 1 aliphatic rings. The molecule has 2 unspecified atom stereocenters. The summed E-state index contributed by atoms with van der Waals surface area (Å²) < 4.78 is 0. The Bertz CT molecular complexity index is 394. The van der Waals surface area contributed by atoms with Crippen LogP contribution < -0.4 is 0 Å². The van der Waals surface area contributed by atoms with Crippen LogP contribution in [-0.4, -0.2) is 23.4 Å². The number of halogens is 3. The fourth-order valence-corrected chi connectivity index (χ4v) is 2.82. The van der Waals surface area contributed by atoms with E-state index in [0.29, 0.717) is 21.3 Å². The molecule has 1 nitrogen and oxygen atoms in total. The summed E-state index contributed by atoms with van der Waals surface area (Å²) >= 11 is 18.4. The minimum absolute atomic E-state index is 0.307. The molecule has 0 spiro atoms. The lowest BCUT2D eigenvalue weighted by Crippen LogP contribution is -2.39. The Labute approximate surface area is 118 Å². The summed E-state index contributed by atoms with van der Waals surface area (Å²) in [7, 11) is 0. The van der Waals surface area contributed by atoms with Gasteiger partial charge >= 0.3 is 0 Å². The van der Waals surface area contributed by atoms with Crippen molar-refractivity contribution in [2.75, 3.05) is 13.1 Å². The van der Waals surface area contributed by atoms with E-state index in [1.807, 2.05) is 18.2 Å². The van der Waals surface area contributed by atoms with Gasteiger partial charge in [0.1, 0.15) is 0 Å². The van der Waals surface area contributed by atoms with Crippen molar-refractivity contribution < 1.29 is 0 Å². The van der Waals surface area contributed by atoms with Gasteiger partial charge < -0.3 is 0 Å². The summed E-state index contributed by atoms with van der Waals surface area (Å²) in [6, 6.07) is 5.80. The van der Waals surface area contributed by atoms with Crippen molar-refractivity contribution in [1.82, 2.24) is 4.90 Å². The van der Waals surface area contributed by atoms with E-state index >= 15 is 0 Å². The van der Waals surface area contributed by atoms with E-state index in [9.17, 15) is 0 Å². The molecule has 1 fully saturated rings. The van der Waals surface area contributed by atoms with Gasteiger partial charge in [-0.3, -0.25) is 4.90 Å². The fraction of sp³-hybridized carbons (Fsp3) is 0.538. The van der Waals surface area contributed by atoms with Crippen LogP contribution in [0.5, 0.6) is 0 Å². The molecule has 2 rings (SSSR count). The molecule has 0 aliphatic carbocycles. The Morgan fingerprint density at radius 1 is 1.35 bits per heavy atom. The predicted octanol–water partition coefficient (Wildman–Crippen LogP) is 4.44. The van der Waals surface area contributed by atoms with Gasteiger partial charge in [-0.1, -0.05) is 42.3 Å². The lowest BCUT2D eigenvalue weighted by molar-refractivity contribution is 0.180. The molecule has 0 aromatic heterocycles. The number of hydrogen-bond acceptors (Lipinski definition) is 1. The van der Waals surface area contributed by atoms with E-state index < -0.39 is 0 Å². The molecular formula is C13H16Cl3N. The van der Waals surface area contributed by atoms with Crippen LogP contribution >= 0.6 is 34.8 Å². The molecule has 1 aromatic carbocycles. The molecule has 0 amide bonds. The number of rotatable bonds is 2. The van der Waals surface area contributed by atoms with E-state index in [2.05, 4.69) is 11.8 Å². The van der Waals surface area contributed by atoms with Crippen molar-refractivity contribution >= 4 is 34.8 Å². The number of nitrogens with zero attached hydrogens (tertiary/aromatic N) is 1. The summed E-state index contributed by atoms with van der Waals surface area (Å²) in [5, 5.41) is 1.61. The van der Waals surface area contributed by atoms with Gasteiger partial charge in [0, 0.05) is 18.5 Å². The summed E-state index contributed by atoms with van der Waals surface area (Å²) in [6.07, 6.45) is 1.04. The molecule has 1 aliphatic heterocycles. The second-order valence-corrected chi connectivity index (χ2v) is 6.08. The quantitative estimate of drug-likeness (QED) is 0.728. The van der Waals surface area contributed by atoms with E-state index in [1.165, 1.54) is 0 Å². The normalized spacial score (nSPS) is 26.1. The first-order valence-electron chi connectivity index (χ1n) is 5.87. The number of benzene rings is 1. The van der Waals surface area contributed by atoms with Gasteiger partial charge in [0.2, 0.25) is 0 Å². The summed E-state index contributed by atoms with van der Waals surface area (Å²) in [5.74, 6) is 0.531. The topological polar surface area (TPSA) is 3.24 Å². The maximum atomic E-state index is 6.22. The van der Waals surface area contributed by atoms with Crippen LogP contribution in [-0.2, 0) is 6.54 Å². The van der Waals surface area contributed by atoms with Crippen molar-refractivity contribution in [3.63, 3.8) is 0 Å². The van der Waals surface area contributed by atoms with Crippen LogP contribution in [0, 0.1) is 5.92 Å². The van der Waals surface area contributed by atoms with Crippen LogP contribution in [0.15, 0.2) is 18.2 Å². The Kier molecular flexibility index (Phi) is 4.59. The maximum Gasteiger partial charge on any atom is 0.0637 e. The van der Waals surface area contributed by atoms with Crippen molar-refractivity contribution in [3.05, 3.63) is 33.8 Å². The second kappa shape index (κ2) is 5.79. The van der Waals surface area contributed by atoms with Gasteiger partial charge in [-0.15, -0.1) is 11.6 Å². The minimum atomic E-state index is 0.307. The van der Waals surface area contributed by atoms with Crippen LogP contribution in [0.1, 0.15) is 18.9 Å². The zero-order valence-electron chi connectivity index (χ0n) is 9.80. The number of alkyl halides is 1. The SMILES string of the molecule is CC1CN(Cc2cccc(Cl)c2Cl)CCC1Cl. The van der Waals surface area contributed by atoms with Gasteiger partial charge in [-0.2, -0.15) is 0 Å². The van der Waals surface area contributed by atoms with Gasteiger partial charge in [-0.25, -0.2) is 0 Å². The van der Waals surface area contributed by atoms with E-state index in [0.717, 1.165) is 31.6 Å². The minimum Gasteiger partial charge on any atom is -0.299 e. The summed E-state index contributed by atoms with van der Waals surface area (Å²) in [4.78, 5) is 2.39. The Morgan fingerprint density at radius 2 is 2.12 bits per heavy atom. The average molecular weight is 293 g/mol. The van der Waals surface area contributed by atoms with Gasteiger partial charge in [0.05, 0.1) is 10.0 Å². The van der Waals surface area contributed by atoms with Gasteiger partial charge in [0.15, 0.2) is 0 Å². The Hall–Kier alpha value is 0.0500. The zero-order valence-corrected chi connectivity index (χ0v) is 12.1. The van der Waals surface area contributed by atoms with Gasteiger partial charge in [-0.05, 0) is 30.5 Å². The third-order valence-corrected chi connectivity index (χ3v) is 4.82. The number of piperidine rings is 1. The molecule has 2 atom stereocenters. The first kappa shape index (κ1) is 13.5. The molecule has 1 aromatic rings. The van der Waals surface area contributed by atoms with Crippen molar-refractivity contribution in [3.8, 4) is 0 Å². The fourth-order valence-electron chi connectivity index (χ4n) is 2.26. The highest BCUT2D eigenvalue weighted by Gasteiger charge is 2.24. The molecule has 1 heterocycles. The van der Waals surface area contributed by atoms with Crippen molar-refractivity contribution in [2.45, 2.75) is 25.3 Å². The van der Waals surface area contributed by atoms with Gasteiger partial charge in [0.25, 0.3) is 0 Å². The van der Waals surface area contributed by atoms with E-state index in [4.69, 9.17) is 34.8 Å². The highest BCUT2D eigenvalue weighted by molar-refractivity contribution is 6.42. The number of likely N-dealkylation sites (tertiary alicyclic amines) is 1. The third kappa shape index (κ3) is 3.29. The largest absolute Gasteiger partial charge is 0.299 e. The monoisotopic (exact) mass is 291 g/mol. The molecular weight excluding hydrogens is 277 g/mol. The van der Waals surface area contributed by atoms with Crippen LogP contribution in [0.2, 0.25) is 10.0 Å². The molecule has 0 N–H and O–H groups in total. The molecule has 1 saturated heterocycles. The van der Waals surface area contributed by atoms with Crippen LogP contribution in [0.3, 0.4) is 0 Å². The maximum absolute atomic E-state index is 6.22. The predicted molar refractivity (Wildman–Crippen MR) is 75.2 cm³/mol. The molecule has 0 radical (unpaired) electrons. The Morgan fingerprint density at radius 3 is 2.82 bits per heavy atom. The summed E-state index contributed by atoms with van der Waals surface area (Å²) in [6.45, 7) is 5.11. The Balaban J connectivity index is 2.04. The van der Waals surface area contributed by atoms with Crippen molar-refractivity contribution in [1.29, 1.82) is 0 Å². The van der Waals surface area contributed by atoms with Crippen LogP contribution in [0.25, 0.3) is 0 Å². The lowest BCUT2D eigenvalue weighted by Gasteiger charge is -2.34. The first-order valence-corrected chi connectivity index (χ1v) is 7.06. The molecule has 0 saturated carbocycles. The van der Waals surface area contributed by atoms with E-state index in [1.54, 1.807) is 0 Å². The second-order valence-electron chi connectivity index (χ2n) is 4.73. The molecule has 0 bridgehead atoms. The molecule has 94 valence electrons. The third-order valence-electron chi connectivity index (χ3n) is 3.31. The van der Waals surface area contributed by atoms with Crippen LogP contribution in [0.4, 0.5) is 0 Å². The smallest absolute Gasteiger partial charge is 0.0637 e. The van der Waals surface area contributed by atoms with E-state index in [-0.39, 0.29) is 0 Å². The average Bonchev–Trinajstić information content (AvgIpc) is 2.30. The standard InChI is InChI=1S/C13H16Cl3N/c1-9-7-17(6-5-11(9)14)8-10-3-2-4-12(15)13(10)16/h2-4,9,11H,5-8H2,1H3. The first-order chi connectivity index (χ1) is 8.08. The molecule has 4 heteroatoms. The highest BCUT2D eigenvalue weighted by atomic mass is 35.5. The number of hydrogen-bond donors (Lipinski definition) is 0. The zero-order chi connectivity index (χ0) is 12.4. The summed E-state index contributed by atoms with van der Waals surface area (Å²) in [5.41, 5.74) is 1.10. The lowest BCUT2D eigenvalue weighted by atomic mass is 9.99. The van der Waals surface area contributed by atoms with Crippen molar-refractivity contribution in [2.24, 2.45) is 5.92 Å². The molecule has 17 heavy (non-hydrogen) atoms.